The van der Waals surface area contributed by atoms with Crippen molar-refractivity contribution in [2.24, 2.45) is 5.41 Å². The van der Waals surface area contributed by atoms with Crippen molar-refractivity contribution in [3.05, 3.63) is 59.1 Å². The first kappa shape index (κ1) is 16.5. The highest BCUT2D eigenvalue weighted by Crippen LogP contribution is 2.48. The van der Waals surface area contributed by atoms with Crippen LogP contribution >= 0.6 is 11.6 Å². The third-order valence-corrected chi connectivity index (χ3v) is 4.97. The van der Waals surface area contributed by atoms with Gasteiger partial charge in [0.2, 0.25) is 11.8 Å². The van der Waals surface area contributed by atoms with Crippen LogP contribution in [0.5, 0.6) is 0 Å². The first-order valence-electron chi connectivity index (χ1n) is 7.85. The van der Waals surface area contributed by atoms with Gasteiger partial charge in [0.15, 0.2) is 0 Å². The number of anilines is 2. The van der Waals surface area contributed by atoms with Crippen molar-refractivity contribution < 1.29 is 9.59 Å². The maximum absolute atomic E-state index is 12.9. The summed E-state index contributed by atoms with van der Waals surface area (Å²) in [6.45, 7) is 1.84. The number of hydrogen-bond donors (Lipinski definition) is 1. The number of amides is 2. The van der Waals surface area contributed by atoms with Crippen molar-refractivity contribution >= 4 is 34.8 Å². The molecule has 0 heterocycles. The van der Waals surface area contributed by atoms with Crippen molar-refractivity contribution in [1.82, 2.24) is 0 Å². The normalized spacial score (nSPS) is 14.8. The van der Waals surface area contributed by atoms with E-state index in [-0.39, 0.29) is 11.8 Å². The van der Waals surface area contributed by atoms with Gasteiger partial charge in [0.25, 0.3) is 0 Å². The average Bonchev–Trinajstić information content (AvgIpc) is 3.40. The minimum absolute atomic E-state index is 0.175. The van der Waals surface area contributed by atoms with E-state index in [2.05, 4.69) is 5.32 Å². The third-order valence-electron chi connectivity index (χ3n) is 4.56. The fraction of sp³-hybridized carbons (Fsp3) is 0.263. The Kier molecular flexibility index (Phi) is 4.33. The number of halogens is 1. The van der Waals surface area contributed by atoms with Gasteiger partial charge in [-0.1, -0.05) is 35.9 Å². The zero-order chi connectivity index (χ0) is 17.3. The summed E-state index contributed by atoms with van der Waals surface area (Å²) >= 11 is 6.09. The predicted molar refractivity (Wildman–Crippen MR) is 96.3 cm³/mol. The minimum Gasteiger partial charge on any atom is -0.325 e. The second-order valence-electron chi connectivity index (χ2n) is 6.15. The Labute approximate surface area is 146 Å². The summed E-state index contributed by atoms with van der Waals surface area (Å²) in [6, 6.07) is 14.7. The number of carbonyl (C=O) groups is 2. The Hall–Kier alpha value is -2.33. The molecule has 5 heteroatoms. The monoisotopic (exact) mass is 342 g/mol. The molecule has 2 aromatic carbocycles. The fourth-order valence-corrected chi connectivity index (χ4v) is 2.91. The lowest BCUT2D eigenvalue weighted by Crippen LogP contribution is -2.41. The van der Waals surface area contributed by atoms with Gasteiger partial charge in [0.05, 0.1) is 0 Å². The molecule has 1 fully saturated rings. The van der Waals surface area contributed by atoms with Gasteiger partial charge in [-0.2, -0.15) is 0 Å². The van der Waals surface area contributed by atoms with Crippen molar-refractivity contribution in [2.45, 2.75) is 19.8 Å². The van der Waals surface area contributed by atoms with E-state index in [0.29, 0.717) is 23.6 Å². The summed E-state index contributed by atoms with van der Waals surface area (Å²) in [7, 11) is 1.70. The van der Waals surface area contributed by atoms with Gasteiger partial charge in [-0.3, -0.25) is 9.59 Å². The Morgan fingerprint density at radius 1 is 1.08 bits per heavy atom. The van der Waals surface area contributed by atoms with E-state index in [9.17, 15) is 9.59 Å². The molecule has 0 atom stereocenters. The lowest BCUT2D eigenvalue weighted by Gasteiger charge is -2.23. The molecule has 0 aliphatic heterocycles. The number of para-hydroxylation sites is 1. The number of rotatable bonds is 4. The SMILES string of the molecule is Cc1c(Cl)cccc1NC(=O)C1(C(=O)N(C)c2ccccc2)CC1. The molecule has 0 unspecified atom stereocenters. The summed E-state index contributed by atoms with van der Waals surface area (Å²) in [6.07, 6.45) is 1.13. The molecule has 2 amide bonds. The van der Waals surface area contributed by atoms with Crippen LogP contribution in [0.3, 0.4) is 0 Å². The molecule has 124 valence electrons. The quantitative estimate of drug-likeness (QED) is 0.853. The minimum atomic E-state index is -0.973. The number of nitrogens with one attached hydrogen (secondary N) is 1. The van der Waals surface area contributed by atoms with E-state index in [1.165, 1.54) is 0 Å². The van der Waals surface area contributed by atoms with Crippen LogP contribution in [0, 0.1) is 12.3 Å². The Bertz CT molecular complexity index is 785. The van der Waals surface area contributed by atoms with Gasteiger partial charge in [0, 0.05) is 23.4 Å². The molecule has 0 spiro atoms. The van der Waals surface area contributed by atoms with E-state index in [4.69, 9.17) is 11.6 Å². The van der Waals surface area contributed by atoms with E-state index in [1.807, 2.05) is 37.3 Å². The molecular formula is C19H19ClN2O2. The van der Waals surface area contributed by atoms with Crippen molar-refractivity contribution in [1.29, 1.82) is 0 Å². The summed E-state index contributed by atoms with van der Waals surface area (Å²) in [5.41, 5.74) is 1.25. The van der Waals surface area contributed by atoms with Crippen molar-refractivity contribution in [2.75, 3.05) is 17.3 Å². The Morgan fingerprint density at radius 2 is 1.75 bits per heavy atom. The standard InChI is InChI=1S/C19H19ClN2O2/c1-13-15(20)9-6-10-16(13)21-17(23)19(11-12-19)18(24)22(2)14-7-4-3-5-8-14/h3-10H,11-12H2,1-2H3,(H,21,23). The van der Waals surface area contributed by atoms with Crippen LogP contribution in [0.1, 0.15) is 18.4 Å². The van der Waals surface area contributed by atoms with Gasteiger partial charge in [-0.25, -0.2) is 0 Å². The molecule has 1 N–H and O–H groups in total. The summed E-state index contributed by atoms with van der Waals surface area (Å²) < 4.78 is 0. The molecule has 4 nitrogen and oxygen atoms in total. The lowest BCUT2D eigenvalue weighted by molar-refractivity contribution is -0.132. The van der Waals surface area contributed by atoms with Crippen LogP contribution in [0.15, 0.2) is 48.5 Å². The number of carbonyl (C=O) groups excluding carboxylic acids is 2. The van der Waals surface area contributed by atoms with E-state index in [0.717, 1.165) is 11.3 Å². The van der Waals surface area contributed by atoms with Crippen LogP contribution < -0.4 is 10.2 Å². The van der Waals surface area contributed by atoms with Crippen molar-refractivity contribution in [3.63, 3.8) is 0 Å². The van der Waals surface area contributed by atoms with Crippen LogP contribution in [0.2, 0.25) is 5.02 Å². The maximum Gasteiger partial charge on any atom is 0.242 e. The molecule has 0 radical (unpaired) electrons. The number of nitrogens with zero attached hydrogens (tertiary/aromatic N) is 1. The van der Waals surface area contributed by atoms with E-state index in [1.54, 1.807) is 30.1 Å². The maximum atomic E-state index is 12.9. The highest BCUT2D eigenvalue weighted by atomic mass is 35.5. The predicted octanol–water partition coefficient (Wildman–Crippen LogP) is 4.03. The zero-order valence-corrected chi connectivity index (χ0v) is 14.4. The molecule has 0 saturated heterocycles. The molecule has 1 saturated carbocycles. The number of hydrogen-bond acceptors (Lipinski definition) is 2. The van der Waals surface area contributed by atoms with Crippen LogP contribution in [-0.4, -0.2) is 18.9 Å². The summed E-state index contributed by atoms with van der Waals surface area (Å²) in [4.78, 5) is 27.1. The first-order chi connectivity index (χ1) is 11.5. The van der Waals surface area contributed by atoms with E-state index < -0.39 is 5.41 Å². The average molecular weight is 343 g/mol. The number of benzene rings is 2. The summed E-state index contributed by atoms with van der Waals surface area (Å²) in [5, 5.41) is 3.46. The largest absolute Gasteiger partial charge is 0.325 e. The zero-order valence-electron chi connectivity index (χ0n) is 13.7. The van der Waals surface area contributed by atoms with Gasteiger partial charge in [-0.05, 0) is 49.6 Å². The van der Waals surface area contributed by atoms with Gasteiger partial charge in [-0.15, -0.1) is 0 Å². The van der Waals surface area contributed by atoms with Gasteiger partial charge in [0.1, 0.15) is 5.41 Å². The molecule has 1 aliphatic carbocycles. The Morgan fingerprint density at radius 3 is 2.38 bits per heavy atom. The highest BCUT2D eigenvalue weighted by molar-refractivity contribution is 6.31. The fourth-order valence-electron chi connectivity index (χ4n) is 2.74. The highest BCUT2D eigenvalue weighted by Gasteiger charge is 2.57. The molecule has 2 aromatic rings. The Balaban J connectivity index is 1.79. The van der Waals surface area contributed by atoms with E-state index >= 15 is 0 Å². The molecule has 0 aromatic heterocycles. The molecule has 0 bridgehead atoms. The van der Waals surface area contributed by atoms with Gasteiger partial charge < -0.3 is 10.2 Å². The smallest absolute Gasteiger partial charge is 0.242 e. The first-order valence-corrected chi connectivity index (χ1v) is 8.23. The molecular weight excluding hydrogens is 324 g/mol. The molecule has 3 rings (SSSR count). The van der Waals surface area contributed by atoms with Crippen LogP contribution in [0.25, 0.3) is 0 Å². The van der Waals surface area contributed by atoms with Crippen LogP contribution in [0.4, 0.5) is 11.4 Å². The molecule has 24 heavy (non-hydrogen) atoms. The van der Waals surface area contributed by atoms with Crippen LogP contribution in [-0.2, 0) is 9.59 Å². The molecule has 1 aliphatic rings. The second-order valence-corrected chi connectivity index (χ2v) is 6.56. The van der Waals surface area contributed by atoms with Gasteiger partial charge >= 0.3 is 0 Å². The van der Waals surface area contributed by atoms with Crippen molar-refractivity contribution in [3.8, 4) is 0 Å². The summed E-state index contributed by atoms with van der Waals surface area (Å²) in [5.74, 6) is -0.438. The topological polar surface area (TPSA) is 49.4 Å². The third kappa shape index (κ3) is 2.89. The second kappa shape index (κ2) is 6.29. The lowest BCUT2D eigenvalue weighted by atomic mass is 10.0.